The minimum atomic E-state index is -0.478. The minimum absolute atomic E-state index is 0.0811. The lowest BCUT2D eigenvalue weighted by Crippen LogP contribution is -2.26. The molecule has 9 heteroatoms. The standard InChI is InChI=1S/C19H18BrN3O5/c1-27-17-8-12(16(23(25)26)10-18(17)28-2)5-6-21-19(24)15-7-11-3-4-13(20)9-14(11)22-15/h3-4,7-10,22H,5-6H2,1-2H3,(H,21,24). The Morgan fingerprint density at radius 1 is 1.18 bits per heavy atom. The van der Waals surface area contributed by atoms with Crippen LogP contribution in [0.2, 0.25) is 0 Å². The van der Waals surface area contributed by atoms with Crippen molar-refractivity contribution >= 4 is 38.4 Å². The summed E-state index contributed by atoms with van der Waals surface area (Å²) in [5.41, 5.74) is 1.64. The van der Waals surface area contributed by atoms with E-state index < -0.39 is 4.92 Å². The Bertz CT molecular complexity index is 1050. The van der Waals surface area contributed by atoms with Gasteiger partial charge < -0.3 is 19.8 Å². The van der Waals surface area contributed by atoms with Crippen LogP contribution in [-0.4, -0.2) is 36.6 Å². The van der Waals surface area contributed by atoms with Gasteiger partial charge >= 0.3 is 0 Å². The Kier molecular flexibility index (Phi) is 5.84. The highest BCUT2D eigenvalue weighted by atomic mass is 79.9. The second kappa shape index (κ2) is 8.30. The third-order valence-corrected chi connectivity index (χ3v) is 4.78. The molecule has 0 atom stereocenters. The Morgan fingerprint density at radius 2 is 1.89 bits per heavy atom. The number of halogens is 1. The molecule has 3 rings (SSSR count). The number of ether oxygens (including phenoxy) is 2. The summed E-state index contributed by atoms with van der Waals surface area (Å²) in [6.07, 6.45) is 0.272. The van der Waals surface area contributed by atoms with Gasteiger partial charge in [-0.3, -0.25) is 14.9 Å². The van der Waals surface area contributed by atoms with Gasteiger partial charge in [-0.2, -0.15) is 0 Å². The van der Waals surface area contributed by atoms with Crippen molar-refractivity contribution in [2.24, 2.45) is 0 Å². The first-order valence-electron chi connectivity index (χ1n) is 8.38. The third kappa shape index (κ3) is 4.09. The Labute approximate surface area is 169 Å². The van der Waals surface area contributed by atoms with Gasteiger partial charge in [0.05, 0.1) is 25.2 Å². The van der Waals surface area contributed by atoms with E-state index in [1.54, 1.807) is 12.1 Å². The molecule has 3 aromatic rings. The molecule has 0 bridgehead atoms. The SMILES string of the molecule is COc1cc(CCNC(=O)c2cc3ccc(Br)cc3[nH]2)c([N+](=O)[O-])cc1OC. The largest absolute Gasteiger partial charge is 0.493 e. The van der Waals surface area contributed by atoms with Crippen LogP contribution >= 0.6 is 15.9 Å². The molecule has 0 unspecified atom stereocenters. The van der Waals surface area contributed by atoms with Crippen molar-refractivity contribution in [1.82, 2.24) is 10.3 Å². The number of aromatic amines is 1. The van der Waals surface area contributed by atoms with Crippen LogP contribution in [0, 0.1) is 10.1 Å². The molecular weight excluding hydrogens is 430 g/mol. The molecule has 0 spiro atoms. The second-order valence-electron chi connectivity index (χ2n) is 6.01. The molecule has 8 nitrogen and oxygen atoms in total. The quantitative estimate of drug-likeness (QED) is 0.422. The number of amides is 1. The molecule has 0 saturated heterocycles. The number of carbonyl (C=O) groups is 1. The summed E-state index contributed by atoms with van der Waals surface area (Å²) in [6.45, 7) is 0.230. The Hall–Kier alpha value is -3.07. The lowest BCUT2D eigenvalue weighted by atomic mass is 10.1. The van der Waals surface area contributed by atoms with Crippen LogP contribution < -0.4 is 14.8 Å². The fourth-order valence-electron chi connectivity index (χ4n) is 2.91. The number of H-pyrrole nitrogens is 1. The average molecular weight is 448 g/mol. The van der Waals surface area contributed by atoms with Crippen molar-refractivity contribution in [3.8, 4) is 11.5 Å². The fraction of sp³-hybridized carbons (Fsp3) is 0.211. The van der Waals surface area contributed by atoms with Crippen LogP contribution in [-0.2, 0) is 6.42 Å². The van der Waals surface area contributed by atoms with Crippen LogP contribution in [0.5, 0.6) is 11.5 Å². The van der Waals surface area contributed by atoms with E-state index in [0.29, 0.717) is 17.0 Å². The predicted molar refractivity (Wildman–Crippen MR) is 108 cm³/mol. The molecule has 0 aliphatic rings. The van der Waals surface area contributed by atoms with Gasteiger partial charge in [-0.25, -0.2) is 0 Å². The van der Waals surface area contributed by atoms with E-state index in [0.717, 1.165) is 15.4 Å². The summed E-state index contributed by atoms with van der Waals surface area (Å²) in [5, 5.41) is 15.0. The number of nitro benzene ring substituents is 1. The van der Waals surface area contributed by atoms with Gasteiger partial charge in [-0.05, 0) is 30.7 Å². The van der Waals surface area contributed by atoms with E-state index in [1.165, 1.54) is 20.3 Å². The lowest BCUT2D eigenvalue weighted by molar-refractivity contribution is -0.385. The first kappa shape index (κ1) is 19.7. The Balaban J connectivity index is 1.72. The molecular formula is C19H18BrN3O5. The van der Waals surface area contributed by atoms with Crippen LogP contribution in [0.15, 0.2) is 40.9 Å². The maximum atomic E-state index is 12.4. The molecule has 0 saturated carbocycles. The van der Waals surface area contributed by atoms with Crippen molar-refractivity contribution < 1.29 is 19.2 Å². The van der Waals surface area contributed by atoms with Crippen molar-refractivity contribution in [2.75, 3.05) is 20.8 Å². The highest BCUT2D eigenvalue weighted by Crippen LogP contribution is 2.34. The van der Waals surface area contributed by atoms with Gasteiger partial charge in [0.2, 0.25) is 0 Å². The number of rotatable bonds is 7. The number of nitrogens with zero attached hydrogens (tertiary/aromatic N) is 1. The van der Waals surface area contributed by atoms with Gasteiger partial charge in [0, 0.05) is 27.5 Å². The summed E-state index contributed by atoms with van der Waals surface area (Å²) < 4.78 is 11.2. The van der Waals surface area contributed by atoms with Crippen molar-refractivity contribution in [3.05, 3.63) is 62.2 Å². The molecule has 0 radical (unpaired) electrons. The van der Waals surface area contributed by atoms with Crippen LogP contribution in [0.4, 0.5) is 5.69 Å². The molecule has 2 N–H and O–H groups in total. The van der Waals surface area contributed by atoms with Gasteiger partial charge in [0.15, 0.2) is 11.5 Å². The number of carbonyl (C=O) groups excluding carboxylic acids is 1. The number of hydrogen-bond acceptors (Lipinski definition) is 5. The van der Waals surface area contributed by atoms with Gasteiger partial charge in [0.1, 0.15) is 5.69 Å². The molecule has 0 fully saturated rings. The summed E-state index contributed by atoms with van der Waals surface area (Å²) in [5.74, 6) is 0.400. The van der Waals surface area contributed by atoms with Crippen LogP contribution in [0.3, 0.4) is 0 Å². The van der Waals surface area contributed by atoms with E-state index in [4.69, 9.17) is 9.47 Å². The number of fused-ring (bicyclic) bond motifs is 1. The number of hydrogen-bond donors (Lipinski definition) is 2. The summed E-state index contributed by atoms with van der Waals surface area (Å²) in [6, 6.07) is 10.3. The highest BCUT2D eigenvalue weighted by Gasteiger charge is 2.19. The van der Waals surface area contributed by atoms with Crippen LogP contribution in [0.1, 0.15) is 16.1 Å². The third-order valence-electron chi connectivity index (χ3n) is 4.29. The van der Waals surface area contributed by atoms with Crippen molar-refractivity contribution in [1.29, 1.82) is 0 Å². The summed E-state index contributed by atoms with van der Waals surface area (Å²) in [4.78, 5) is 26.3. The zero-order valence-corrected chi connectivity index (χ0v) is 16.8. The number of nitrogens with one attached hydrogen (secondary N) is 2. The molecule has 1 amide bonds. The summed E-state index contributed by atoms with van der Waals surface area (Å²) in [7, 11) is 2.88. The normalized spacial score (nSPS) is 10.7. The maximum absolute atomic E-state index is 12.4. The van der Waals surface area contributed by atoms with Gasteiger partial charge in [-0.15, -0.1) is 0 Å². The monoisotopic (exact) mass is 447 g/mol. The average Bonchev–Trinajstić information content (AvgIpc) is 3.10. The minimum Gasteiger partial charge on any atom is -0.493 e. The highest BCUT2D eigenvalue weighted by molar-refractivity contribution is 9.10. The molecule has 1 aromatic heterocycles. The van der Waals surface area contributed by atoms with Gasteiger partial charge in [0.25, 0.3) is 11.6 Å². The number of nitro groups is 1. The number of aromatic nitrogens is 1. The predicted octanol–water partition coefficient (Wildman–Crippen LogP) is 3.83. The first-order chi connectivity index (χ1) is 13.4. The number of methoxy groups -OCH3 is 2. The molecule has 1 heterocycles. The molecule has 0 aliphatic carbocycles. The van der Waals surface area contributed by atoms with Crippen molar-refractivity contribution in [2.45, 2.75) is 6.42 Å². The first-order valence-corrected chi connectivity index (χ1v) is 9.18. The fourth-order valence-corrected chi connectivity index (χ4v) is 3.27. The van der Waals surface area contributed by atoms with Gasteiger partial charge in [-0.1, -0.05) is 22.0 Å². The number of benzene rings is 2. The molecule has 2 aromatic carbocycles. The molecule has 28 heavy (non-hydrogen) atoms. The molecule has 0 aliphatic heterocycles. The van der Waals surface area contributed by atoms with E-state index >= 15 is 0 Å². The maximum Gasteiger partial charge on any atom is 0.276 e. The van der Waals surface area contributed by atoms with Crippen LogP contribution in [0.25, 0.3) is 10.9 Å². The van der Waals surface area contributed by atoms with E-state index in [9.17, 15) is 14.9 Å². The smallest absolute Gasteiger partial charge is 0.276 e. The topological polar surface area (TPSA) is 106 Å². The van der Waals surface area contributed by atoms with Crippen molar-refractivity contribution in [3.63, 3.8) is 0 Å². The Morgan fingerprint density at radius 3 is 2.57 bits per heavy atom. The zero-order chi connectivity index (χ0) is 20.3. The van der Waals surface area contributed by atoms with E-state index in [-0.39, 0.29) is 30.3 Å². The summed E-state index contributed by atoms with van der Waals surface area (Å²) >= 11 is 3.39. The van der Waals surface area contributed by atoms with E-state index in [2.05, 4.69) is 26.2 Å². The zero-order valence-electron chi connectivity index (χ0n) is 15.2. The molecule has 146 valence electrons. The van der Waals surface area contributed by atoms with E-state index in [1.807, 2.05) is 18.2 Å². The lowest BCUT2D eigenvalue weighted by Gasteiger charge is -2.11. The second-order valence-corrected chi connectivity index (χ2v) is 6.93.